The third kappa shape index (κ3) is 3.78. The molecule has 0 unspecified atom stereocenters. The molecule has 2 rings (SSSR count). The maximum atomic E-state index is 13.8. The van der Waals surface area contributed by atoms with Gasteiger partial charge in [0.15, 0.2) is 5.13 Å². The molecule has 0 saturated carbocycles. The number of rotatable bonds is 3. The van der Waals surface area contributed by atoms with E-state index >= 15 is 0 Å². The van der Waals surface area contributed by atoms with Crippen LogP contribution in [0.15, 0.2) is 29.3 Å². The Bertz CT molecular complexity index is 819. The van der Waals surface area contributed by atoms with Crippen LogP contribution in [0.1, 0.15) is 10.4 Å². The molecule has 0 spiro atoms. The Kier molecular flexibility index (Phi) is 4.57. The number of sulfonamides is 1. The SMILES string of the molecule is Cc1cnc(NS(=O)(=O)c2ccc(C#CCN)c(F)c2)s1. The molecule has 1 aromatic heterocycles. The summed E-state index contributed by atoms with van der Waals surface area (Å²) in [4.78, 5) is 4.58. The summed E-state index contributed by atoms with van der Waals surface area (Å²) in [6.07, 6.45) is 1.55. The van der Waals surface area contributed by atoms with E-state index in [9.17, 15) is 12.8 Å². The molecule has 0 aliphatic carbocycles. The van der Waals surface area contributed by atoms with Crippen LogP contribution in [-0.2, 0) is 10.0 Å². The molecular weight excluding hydrogens is 313 g/mol. The number of benzene rings is 1. The van der Waals surface area contributed by atoms with Crippen molar-refractivity contribution in [2.75, 3.05) is 11.3 Å². The molecule has 21 heavy (non-hydrogen) atoms. The first-order chi connectivity index (χ1) is 9.92. The number of nitrogens with two attached hydrogens (primary N) is 1. The Balaban J connectivity index is 2.30. The molecule has 110 valence electrons. The second-order valence-electron chi connectivity index (χ2n) is 4.03. The lowest BCUT2D eigenvalue weighted by atomic mass is 10.2. The van der Waals surface area contributed by atoms with Gasteiger partial charge < -0.3 is 5.73 Å². The Labute approximate surface area is 126 Å². The second kappa shape index (κ2) is 6.22. The second-order valence-corrected chi connectivity index (χ2v) is 6.95. The Morgan fingerprint density at radius 1 is 1.48 bits per heavy atom. The number of thiazole rings is 1. The van der Waals surface area contributed by atoms with Gasteiger partial charge in [0.05, 0.1) is 17.0 Å². The van der Waals surface area contributed by atoms with Gasteiger partial charge in [-0.15, -0.1) is 11.3 Å². The van der Waals surface area contributed by atoms with Crippen LogP contribution in [-0.4, -0.2) is 19.9 Å². The lowest BCUT2D eigenvalue weighted by molar-refractivity contribution is 0.594. The minimum Gasteiger partial charge on any atom is -0.320 e. The van der Waals surface area contributed by atoms with Gasteiger partial charge in [0.2, 0.25) is 0 Å². The highest BCUT2D eigenvalue weighted by Gasteiger charge is 2.17. The fourth-order valence-electron chi connectivity index (χ4n) is 1.49. The maximum absolute atomic E-state index is 13.8. The zero-order chi connectivity index (χ0) is 15.5. The Morgan fingerprint density at radius 2 is 2.24 bits per heavy atom. The summed E-state index contributed by atoms with van der Waals surface area (Å²) in [5.74, 6) is 4.33. The van der Waals surface area contributed by atoms with Gasteiger partial charge in [-0.25, -0.2) is 17.8 Å². The van der Waals surface area contributed by atoms with Crippen molar-refractivity contribution in [2.24, 2.45) is 5.73 Å². The number of nitrogens with zero attached hydrogens (tertiary/aromatic N) is 1. The van der Waals surface area contributed by atoms with E-state index in [0.717, 1.165) is 10.9 Å². The molecule has 0 radical (unpaired) electrons. The van der Waals surface area contributed by atoms with Gasteiger partial charge in [-0.3, -0.25) is 4.72 Å². The number of halogens is 1. The summed E-state index contributed by atoms with van der Waals surface area (Å²) in [7, 11) is -3.87. The van der Waals surface area contributed by atoms with Crippen molar-refractivity contribution in [1.82, 2.24) is 4.98 Å². The summed E-state index contributed by atoms with van der Waals surface area (Å²) >= 11 is 1.20. The molecule has 0 bridgehead atoms. The van der Waals surface area contributed by atoms with Crippen molar-refractivity contribution < 1.29 is 12.8 Å². The first-order valence-corrected chi connectivity index (χ1v) is 8.16. The van der Waals surface area contributed by atoms with E-state index in [2.05, 4.69) is 21.5 Å². The quantitative estimate of drug-likeness (QED) is 0.841. The lowest BCUT2D eigenvalue weighted by Crippen LogP contribution is -2.13. The number of aromatic nitrogens is 1. The van der Waals surface area contributed by atoms with Crippen LogP contribution >= 0.6 is 11.3 Å². The molecule has 5 nitrogen and oxygen atoms in total. The predicted molar refractivity (Wildman–Crippen MR) is 80.0 cm³/mol. The third-order valence-corrected chi connectivity index (χ3v) is 4.71. The molecule has 8 heteroatoms. The molecule has 0 aliphatic heterocycles. The highest BCUT2D eigenvalue weighted by atomic mass is 32.2. The smallest absolute Gasteiger partial charge is 0.263 e. The highest BCUT2D eigenvalue weighted by molar-refractivity contribution is 7.93. The molecular formula is C13H12FN3O2S2. The Hall–Kier alpha value is -1.95. The van der Waals surface area contributed by atoms with E-state index in [4.69, 9.17) is 5.73 Å². The van der Waals surface area contributed by atoms with E-state index in [-0.39, 0.29) is 22.1 Å². The van der Waals surface area contributed by atoms with Crippen molar-refractivity contribution in [1.29, 1.82) is 0 Å². The minimum atomic E-state index is -3.87. The number of anilines is 1. The van der Waals surface area contributed by atoms with Gasteiger partial charge >= 0.3 is 0 Å². The summed E-state index contributed by atoms with van der Waals surface area (Å²) < 4.78 is 40.3. The summed E-state index contributed by atoms with van der Waals surface area (Å²) in [6.45, 7) is 1.91. The molecule has 1 heterocycles. The number of aryl methyl sites for hydroxylation is 1. The average Bonchev–Trinajstić information content (AvgIpc) is 2.82. The first-order valence-electron chi connectivity index (χ1n) is 5.86. The van der Waals surface area contributed by atoms with Crippen LogP contribution in [0.2, 0.25) is 0 Å². The Morgan fingerprint density at radius 3 is 2.81 bits per heavy atom. The molecule has 0 fully saturated rings. The number of nitrogens with one attached hydrogen (secondary N) is 1. The number of hydrogen-bond donors (Lipinski definition) is 2. The summed E-state index contributed by atoms with van der Waals surface area (Å²) in [5, 5.41) is 0.236. The first kappa shape index (κ1) is 15.4. The van der Waals surface area contributed by atoms with Crippen molar-refractivity contribution in [3.8, 4) is 11.8 Å². The van der Waals surface area contributed by atoms with E-state index in [1.807, 2.05) is 0 Å². The average molecular weight is 325 g/mol. The summed E-state index contributed by atoms with van der Waals surface area (Å²) in [5.41, 5.74) is 5.31. The van der Waals surface area contributed by atoms with E-state index in [1.165, 1.54) is 23.5 Å². The predicted octanol–water partition coefficient (Wildman–Crippen LogP) is 1.70. The topological polar surface area (TPSA) is 85.1 Å². The maximum Gasteiger partial charge on any atom is 0.263 e. The van der Waals surface area contributed by atoms with Crippen LogP contribution in [0.25, 0.3) is 0 Å². The normalized spacial score (nSPS) is 10.8. The third-order valence-electron chi connectivity index (χ3n) is 2.42. The molecule has 0 aliphatic rings. The van der Waals surface area contributed by atoms with Crippen LogP contribution < -0.4 is 10.5 Å². The van der Waals surface area contributed by atoms with Crippen LogP contribution in [0.4, 0.5) is 9.52 Å². The van der Waals surface area contributed by atoms with Crippen molar-refractivity contribution in [3.05, 3.63) is 40.7 Å². The van der Waals surface area contributed by atoms with E-state index in [1.54, 1.807) is 13.1 Å². The molecule has 0 saturated heterocycles. The van der Waals surface area contributed by atoms with Crippen molar-refractivity contribution in [2.45, 2.75) is 11.8 Å². The molecule has 0 amide bonds. The van der Waals surface area contributed by atoms with Gasteiger partial charge in [0, 0.05) is 11.1 Å². The largest absolute Gasteiger partial charge is 0.320 e. The monoisotopic (exact) mass is 325 g/mol. The fraction of sp³-hybridized carbons (Fsp3) is 0.154. The van der Waals surface area contributed by atoms with Crippen LogP contribution in [0.3, 0.4) is 0 Å². The zero-order valence-corrected chi connectivity index (χ0v) is 12.7. The molecule has 3 N–H and O–H groups in total. The van der Waals surface area contributed by atoms with Gasteiger partial charge in [-0.1, -0.05) is 11.8 Å². The minimum absolute atomic E-state index is 0.101. The van der Waals surface area contributed by atoms with Gasteiger partial charge in [0.25, 0.3) is 10.0 Å². The standard InChI is InChI=1S/C13H12FN3O2S2/c1-9-8-16-13(20-9)17-21(18,19)11-5-4-10(3-2-6-15)12(14)7-11/h4-5,7-8H,6,15H2,1H3,(H,16,17). The number of hydrogen-bond acceptors (Lipinski definition) is 5. The van der Waals surface area contributed by atoms with E-state index in [0.29, 0.717) is 0 Å². The van der Waals surface area contributed by atoms with Gasteiger partial charge in [0.1, 0.15) is 5.82 Å². The molecule has 2 aromatic rings. The van der Waals surface area contributed by atoms with Crippen LogP contribution in [0, 0.1) is 24.6 Å². The fourth-order valence-corrected chi connectivity index (χ4v) is 3.40. The van der Waals surface area contributed by atoms with Crippen molar-refractivity contribution in [3.63, 3.8) is 0 Å². The lowest BCUT2D eigenvalue weighted by Gasteiger charge is -2.05. The molecule has 0 atom stereocenters. The van der Waals surface area contributed by atoms with E-state index < -0.39 is 15.8 Å². The zero-order valence-electron chi connectivity index (χ0n) is 11.1. The van der Waals surface area contributed by atoms with Crippen LogP contribution in [0.5, 0.6) is 0 Å². The summed E-state index contributed by atoms with van der Waals surface area (Å²) in [6, 6.07) is 3.51. The molecule has 1 aromatic carbocycles. The van der Waals surface area contributed by atoms with Gasteiger partial charge in [-0.2, -0.15) is 0 Å². The highest BCUT2D eigenvalue weighted by Crippen LogP contribution is 2.22. The van der Waals surface area contributed by atoms with Gasteiger partial charge in [-0.05, 0) is 25.1 Å². The van der Waals surface area contributed by atoms with Crippen molar-refractivity contribution >= 4 is 26.5 Å².